The summed E-state index contributed by atoms with van der Waals surface area (Å²) in [6.07, 6.45) is 1.58. The van der Waals surface area contributed by atoms with E-state index >= 15 is 0 Å². The molecule has 0 N–H and O–H groups in total. The van der Waals surface area contributed by atoms with E-state index in [4.69, 9.17) is 11.6 Å². The highest BCUT2D eigenvalue weighted by Crippen LogP contribution is 2.35. The van der Waals surface area contributed by atoms with Crippen LogP contribution in [0.3, 0.4) is 0 Å². The second-order valence-electron chi connectivity index (χ2n) is 6.48. The lowest BCUT2D eigenvalue weighted by molar-refractivity contribution is 0.384. The molecule has 1 aromatic carbocycles. The van der Waals surface area contributed by atoms with E-state index in [0.717, 1.165) is 16.0 Å². The first-order valence-electron chi connectivity index (χ1n) is 8.60. The number of hydrogen-bond donors (Lipinski definition) is 0. The zero-order valence-electron chi connectivity index (χ0n) is 15.0. The number of benzene rings is 1. The second kappa shape index (κ2) is 7.01. The van der Waals surface area contributed by atoms with Crippen LogP contribution < -0.4 is 4.90 Å². The Hall–Kier alpha value is -1.74. The maximum absolute atomic E-state index is 12.9. The molecule has 4 rings (SSSR count). The fourth-order valence-corrected chi connectivity index (χ4v) is 6.24. The summed E-state index contributed by atoms with van der Waals surface area (Å²) in [5, 5.41) is 1.32. The van der Waals surface area contributed by atoms with Gasteiger partial charge in [-0.05, 0) is 31.5 Å². The number of anilines is 1. The Bertz CT molecular complexity index is 1110. The van der Waals surface area contributed by atoms with Gasteiger partial charge in [-0.1, -0.05) is 23.7 Å². The summed E-state index contributed by atoms with van der Waals surface area (Å²) in [5.41, 5.74) is 1.19. The third-order valence-corrected chi connectivity index (χ3v) is 8.45. The highest BCUT2D eigenvalue weighted by Gasteiger charge is 2.31. The quantitative estimate of drug-likeness (QED) is 0.646. The van der Waals surface area contributed by atoms with Crippen molar-refractivity contribution >= 4 is 49.0 Å². The molecule has 2 aromatic heterocycles. The standard InChI is InChI=1S/C18H19ClN4O2S2/c1-12-13(2)26-18-16(12)17(20-11-21-18)22-7-9-23(10-8-22)27(24,25)15-6-4-3-5-14(15)19/h3-6,11H,7-10H2,1-2H3. The van der Waals surface area contributed by atoms with Crippen LogP contribution in [-0.4, -0.2) is 48.9 Å². The molecule has 3 heterocycles. The molecule has 27 heavy (non-hydrogen) atoms. The Balaban J connectivity index is 1.59. The first kappa shape index (κ1) is 18.6. The van der Waals surface area contributed by atoms with Crippen molar-refractivity contribution in [2.75, 3.05) is 31.1 Å². The number of thiophene rings is 1. The molecule has 1 saturated heterocycles. The Morgan fingerprint density at radius 1 is 1.07 bits per heavy atom. The van der Waals surface area contributed by atoms with Gasteiger partial charge in [0.2, 0.25) is 10.0 Å². The van der Waals surface area contributed by atoms with Gasteiger partial charge in [0.25, 0.3) is 0 Å². The molecule has 0 bridgehead atoms. The third-order valence-electron chi connectivity index (χ3n) is 4.94. The highest BCUT2D eigenvalue weighted by atomic mass is 35.5. The van der Waals surface area contributed by atoms with Crippen LogP contribution in [0.25, 0.3) is 10.2 Å². The minimum Gasteiger partial charge on any atom is -0.353 e. The number of piperazine rings is 1. The highest BCUT2D eigenvalue weighted by molar-refractivity contribution is 7.89. The molecule has 1 fully saturated rings. The fraction of sp³-hybridized carbons (Fsp3) is 0.333. The maximum Gasteiger partial charge on any atom is 0.244 e. The predicted molar refractivity (Wildman–Crippen MR) is 109 cm³/mol. The first-order chi connectivity index (χ1) is 12.9. The van der Waals surface area contributed by atoms with Crippen LogP contribution in [0.4, 0.5) is 5.82 Å². The summed E-state index contributed by atoms with van der Waals surface area (Å²) in [6, 6.07) is 6.57. The topological polar surface area (TPSA) is 66.4 Å². The van der Waals surface area contributed by atoms with E-state index in [1.54, 1.807) is 41.9 Å². The van der Waals surface area contributed by atoms with Gasteiger partial charge in [0.15, 0.2) is 0 Å². The Labute approximate surface area is 167 Å². The van der Waals surface area contributed by atoms with E-state index in [0.29, 0.717) is 26.2 Å². The van der Waals surface area contributed by atoms with E-state index in [1.165, 1.54) is 14.7 Å². The molecule has 0 amide bonds. The molecule has 0 saturated carbocycles. The first-order valence-corrected chi connectivity index (χ1v) is 11.2. The molecular formula is C18H19ClN4O2S2. The molecule has 3 aromatic rings. The van der Waals surface area contributed by atoms with E-state index in [2.05, 4.69) is 28.7 Å². The molecule has 9 heteroatoms. The average Bonchev–Trinajstić information content (AvgIpc) is 2.96. The van der Waals surface area contributed by atoms with Crippen molar-refractivity contribution in [1.29, 1.82) is 0 Å². The molecule has 142 valence electrons. The zero-order valence-corrected chi connectivity index (χ0v) is 17.4. The molecule has 0 aliphatic carbocycles. The number of nitrogens with zero attached hydrogens (tertiary/aromatic N) is 4. The van der Waals surface area contributed by atoms with Gasteiger partial charge in [-0.2, -0.15) is 4.31 Å². The molecule has 6 nitrogen and oxygen atoms in total. The smallest absolute Gasteiger partial charge is 0.244 e. The van der Waals surface area contributed by atoms with Crippen LogP contribution >= 0.6 is 22.9 Å². The normalized spacial score (nSPS) is 16.2. The van der Waals surface area contributed by atoms with Crippen molar-refractivity contribution < 1.29 is 8.42 Å². The molecule has 1 aliphatic rings. The van der Waals surface area contributed by atoms with Gasteiger partial charge in [-0.25, -0.2) is 18.4 Å². The largest absolute Gasteiger partial charge is 0.353 e. The van der Waals surface area contributed by atoms with Crippen LogP contribution in [0.5, 0.6) is 0 Å². The maximum atomic E-state index is 12.9. The molecule has 1 aliphatic heterocycles. The van der Waals surface area contributed by atoms with Gasteiger partial charge in [0.05, 0.1) is 10.4 Å². The van der Waals surface area contributed by atoms with Crippen molar-refractivity contribution in [2.45, 2.75) is 18.7 Å². The van der Waals surface area contributed by atoms with Gasteiger partial charge in [0, 0.05) is 31.1 Å². The molecular weight excluding hydrogens is 404 g/mol. The minimum atomic E-state index is -3.60. The van der Waals surface area contributed by atoms with Crippen molar-refractivity contribution in [1.82, 2.24) is 14.3 Å². The van der Waals surface area contributed by atoms with Crippen molar-refractivity contribution in [3.63, 3.8) is 0 Å². The van der Waals surface area contributed by atoms with Crippen molar-refractivity contribution in [3.8, 4) is 0 Å². The number of fused-ring (bicyclic) bond motifs is 1. The van der Waals surface area contributed by atoms with Gasteiger partial charge in [0.1, 0.15) is 21.9 Å². The van der Waals surface area contributed by atoms with Crippen LogP contribution in [-0.2, 0) is 10.0 Å². The van der Waals surface area contributed by atoms with Gasteiger partial charge < -0.3 is 4.90 Å². The summed E-state index contributed by atoms with van der Waals surface area (Å²) in [7, 11) is -3.60. The zero-order chi connectivity index (χ0) is 19.2. The van der Waals surface area contributed by atoms with Gasteiger partial charge in [-0.15, -0.1) is 11.3 Å². The number of aryl methyl sites for hydroxylation is 2. The summed E-state index contributed by atoms with van der Waals surface area (Å²) in [4.78, 5) is 13.4. The Morgan fingerprint density at radius 3 is 2.48 bits per heavy atom. The summed E-state index contributed by atoms with van der Waals surface area (Å²) < 4.78 is 27.3. The second-order valence-corrected chi connectivity index (χ2v) is 10.00. The number of halogens is 1. The number of aromatic nitrogens is 2. The monoisotopic (exact) mass is 422 g/mol. The molecule has 0 radical (unpaired) electrons. The SMILES string of the molecule is Cc1sc2ncnc(N3CCN(S(=O)(=O)c4ccccc4Cl)CC3)c2c1C. The molecule has 0 spiro atoms. The number of sulfonamides is 1. The van der Waals surface area contributed by atoms with Crippen molar-refractivity contribution in [2.24, 2.45) is 0 Å². The summed E-state index contributed by atoms with van der Waals surface area (Å²) in [6.45, 7) is 6.09. The lowest BCUT2D eigenvalue weighted by atomic mass is 10.2. The lowest BCUT2D eigenvalue weighted by Crippen LogP contribution is -2.49. The van der Waals surface area contributed by atoms with Crippen LogP contribution in [0.2, 0.25) is 5.02 Å². The van der Waals surface area contributed by atoms with Gasteiger partial charge in [-0.3, -0.25) is 0 Å². The van der Waals surface area contributed by atoms with E-state index < -0.39 is 10.0 Å². The number of hydrogen-bond acceptors (Lipinski definition) is 6. The minimum absolute atomic E-state index is 0.161. The lowest BCUT2D eigenvalue weighted by Gasteiger charge is -2.35. The van der Waals surface area contributed by atoms with Crippen LogP contribution in [0.1, 0.15) is 10.4 Å². The molecule has 0 atom stereocenters. The van der Waals surface area contributed by atoms with Crippen LogP contribution in [0, 0.1) is 13.8 Å². The number of rotatable bonds is 3. The third kappa shape index (κ3) is 3.20. The summed E-state index contributed by atoms with van der Waals surface area (Å²) >= 11 is 7.77. The average molecular weight is 423 g/mol. The predicted octanol–water partition coefficient (Wildman–Crippen LogP) is 3.47. The molecule has 0 unspecified atom stereocenters. The Morgan fingerprint density at radius 2 is 1.78 bits per heavy atom. The van der Waals surface area contributed by atoms with E-state index in [9.17, 15) is 8.42 Å². The van der Waals surface area contributed by atoms with Crippen LogP contribution in [0.15, 0.2) is 35.5 Å². The summed E-state index contributed by atoms with van der Waals surface area (Å²) in [5.74, 6) is 0.886. The van der Waals surface area contributed by atoms with E-state index in [1.807, 2.05) is 0 Å². The fourth-order valence-electron chi connectivity index (χ4n) is 3.34. The van der Waals surface area contributed by atoms with Crippen molar-refractivity contribution in [3.05, 3.63) is 46.1 Å². The van der Waals surface area contributed by atoms with Gasteiger partial charge >= 0.3 is 0 Å². The Kier molecular flexibility index (Phi) is 4.84. The van der Waals surface area contributed by atoms with E-state index in [-0.39, 0.29) is 9.92 Å².